The van der Waals surface area contributed by atoms with Gasteiger partial charge in [0.1, 0.15) is 11.6 Å². The second kappa shape index (κ2) is 8.95. The van der Waals surface area contributed by atoms with Crippen molar-refractivity contribution in [2.45, 2.75) is 19.9 Å². The van der Waals surface area contributed by atoms with Crippen LogP contribution in [0.25, 0.3) is 0 Å². The highest BCUT2D eigenvalue weighted by Gasteiger charge is 2.05. The monoisotopic (exact) mass is 316 g/mol. The normalized spacial score (nSPS) is 10.4. The molecule has 0 radical (unpaired) electrons. The predicted molar refractivity (Wildman–Crippen MR) is 92.1 cm³/mol. The molecule has 0 aliphatic carbocycles. The fourth-order valence-electron chi connectivity index (χ4n) is 2.19. The van der Waals surface area contributed by atoms with Crippen molar-refractivity contribution in [3.05, 3.63) is 41.6 Å². The molecule has 0 atom stereocenters. The van der Waals surface area contributed by atoms with E-state index in [4.69, 9.17) is 9.47 Å². The predicted octanol–water partition coefficient (Wildman–Crippen LogP) is 2.85. The summed E-state index contributed by atoms with van der Waals surface area (Å²) in [5, 5.41) is 6.54. The summed E-state index contributed by atoms with van der Waals surface area (Å²) < 4.78 is 10.4. The Morgan fingerprint density at radius 1 is 1.09 bits per heavy atom. The Morgan fingerprint density at radius 3 is 2.70 bits per heavy atom. The Labute approximate surface area is 137 Å². The summed E-state index contributed by atoms with van der Waals surface area (Å²) in [6, 6.07) is 9.83. The highest BCUT2D eigenvalue weighted by Crippen LogP contribution is 2.18. The Kier molecular flexibility index (Phi) is 6.62. The van der Waals surface area contributed by atoms with E-state index in [0.717, 1.165) is 42.4 Å². The number of para-hydroxylation sites is 1. The number of anilines is 2. The molecule has 0 spiro atoms. The molecule has 23 heavy (non-hydrogen) atoms. The summed E-state index contributed by atoms with van der Waals surface area (Å²) >= 11 is 0. The van der Waals surface area contributed by atoms with Crippen LogP contribution in [0.2, 0.25) is 0 Å². The lowest BCUT2D eigenvalue weighted by atomic mass is 10.2. The van der Waals surface area contributed by atoms with E-state index in [1.54, 1.807) is 14.2 Å². The van der Waals surface area contributed by atoms with Crippen LogP contribution in [-0.4, -0.2) is 37.3 Å². The van der Waals surface area contributed by atoms with Gasteiger partial charge in [0.05, 0.1) is 7.11 Å². The maximum Gasteiger partial charge on any atom is 0.225 e. The second-order valence-electron chi connectivity index (χ2n) is 5.16. The van der Waals surface area contributed by atoms with Crippen molar-refractivity contribution in [1.82, 2.24) is 9.97 Å². The summed E-state index contributed by atoms with van der Waals surface area (Å²) in [7, 11) is 3.37. The molecule has 0 unspecified atom stereocenters. The molecular weight excluding hydrogens is 292 g/mol. The minimum Gasteiger partial charge on any atom is -0.496 e. The molecule has 0 saturated heterocycles. The standard InChI is InChI=1S/C17H24N4O2/c1-13-11-16(18-9-6-10-22-2)21-17(20-13)19-12-14-7-4-5-8-15(14)23-3/h4-5,7-8,11H,6,9-10,12H2,1-3H3,(H2,18,19,20,21). The van der Waals surface area contributed by atoms with Crippen LogP contribution >= 0.6 is 0 Å². The number of benzene rings is 1. The SMILES string of the molecule is COCCCNc1cc(C)nc(NCc2ccccc2OC)n1. The summed E-state index contributed by atoms with van der Waals surface area (Å²) in [5.74, 6) is 2.27. The van der Waals surface area contributed by atoms with Crippen LogP contribution < -0.4 is 15.4 Å². The fourth-order valence-corrected chi connectivity index (χ4v) is 2.19. The van der Waals surface area contributed by atoms with Gasteiger partial charge in [-0.05, 0) is 19.4 Å². The van der Waals surface area contributed by atoms with E-state index in [1.807, 2.05) is 37.3 Å². The molecule has 2 aromatic rings. The molecule has 124 valence electrons. The third kappa shape index (κ3) is 5.41. The lowest BCUT2D eigenvalue weighted by Gasteiger charge is -2.11. The zero-order valence-electron chi connectivity index (χ0n) is 13.9. The van der Waals surface area contributed by atoms with E-state index in [0.29, 0.717) is 12.5 Å². The molecule has 0 aliphatic rings. The van der Waals surface area contributed by atoms with Gasteiger partial charge in [0.15, 0.2) is 0 Å². The topological polar surface area (TPSA) is 68.3 Å². The van der Waals surface area contributed by atoms with E-state index in [-0.39, 0.29) is 0 Å². The van der Waals surface area contributed by atoms with Gasteiger partial charge in [-0.1, -0.05) is 18.2 Å². The van der Waals surface area contributed by atoms with Crippen LogP contribution in [0.3, 0.4) is 0 Å². The first-order valence-electron chi connectivity index (χ1n) is 7.67. The summed E-state index contributed by atoms with van der Waals surface area (Å²) in [6.07, 6.45) is 0.934. The third-order valence-electron chi connectivity index (χ3n) is 3.32. The van der Waals surface area contributed by atoms with Gasteiger partial charge in [0.2, 0.25) is 5.95 Å². The maximum absolute atomic E-state index is 5.35. The average Bonchev–Trinajstić information content (AvgIpc) is 2.57. The third-order valence-corrected chi connectivity index (χ3v) is 3.32. The Morgan fingerprint density at radius 2 is 1.91 bits per heavy atom. The zero-order valence-corrected chi connectivity index (χ0v) is 13.9. The van der Waals surface area contributed by atoms with Gasteiger partial charge >= 0.3 is 0 Å². The molecule has 6 heteroatoms. The molecule has 1 aromatic heterocycles. The molecule has 0 saturated carbocycles. The Bertz CT molecular complexity index is 619. The molecule has 0 bridgehead atoms. The smallest absolute Gasteiger partial charge is 0.225 e. The molecule has 1 heterocycles. The van der Waals surface area contributed by atoms with Gasteiger partial charge in [-0.15, -0.1) is 0 Å². The highest BCUT2D eigenvalue weighted by atomic mass is 16.5. The van der Waals surface area contributed by atoms with Crippen LogP contribution in [0.1, 0.15) is 17.7 Å². The van der Waals surface area contributed by atoms with Crippen molar-refractivity contribution in [3.63, 3.8) is 0 Å². The van der Waals surface area contributed by atoms with Crippen molar-refractivity contribution >= 4 is 11.8 Å². The van der Waals surface area contributed by atoms with Gasteiger partial charge in [-0.2, -0.15) is 4.98 Å². The van der Waals surface area contributed by atoms with E-state index < -0.39 is 0 Å². The van der Waals surface area contributed by atoms with Gasteiger partial charge < -0.3 is 20.1 Å². The number of nitrogens with zero attached hydrogens (tertiary/aromatic N) is 2. The minimum atomic E-state index is 0.602. The highest BCUT2D eigenvalue weighted by molar-refractivity contribution is 5.43. The Hall–Kier alpha value is -2.34. The van der Waals surface area contributed by atoms with Crippen molar-refractivity contribution in [1.29, 1.82) is 0 Å². The fraction of sp³-hybridized carbons (Fsp3) is 0.412. The Balaban J connectivity index is 1.98. The number of rotatable bonds is 9. The molecule has 2 N–H and O–H groups in total. The number of hydrogen-bond acceptors (Lipinski definition) is 6. The van der Waals surface area contributed by atoms with Crippen LogP contribution in [0, 0.1) is 6.92 Å². The molecule has 2 rings (SSSR count). The van der Waals surface area contributed by atoms with Crippen molar-refractivity contribution < 1.29 is 9.47 Å². The second-order valence-corrected chi connectivity index (χ2v) is 5.16. The number of nitrogens with one attached hydrogen (secondary N) is 2. The lowest BCUT2D eigenvalue weighted by molar-refractivity contribution is 0.198. The van der Waals surface area contributed by atoms with Crippen LogP contribution in [0.5, 0.6) is 5.75 Å². The van der Waals surface area contributed by atoms with Crippen LogP contribution in [0.4, 0.5) is 11.8 Å². The first-order valence-corrected chi connectivity index (χ1v) is 7.67. The molecule has 0 fully saturated rings. The van der Waals surface area contributed by atoms with Gasteiger partial charge in [0.25, 0.3) is 0 Å². The number of hydrogen-bond donors (Lipinski definition) is 2. The van der Waals surface area contributed by atoms with E-state index >= 15 is 0 Å². The van der Waals surface area contributed by atoms with Crippen molar-refractivity contribution in [2.24, 2.45) is 0 Å². The summed E-state index contributed by atoms with van der Waals surface area (Å²) in [6.45, 7) is 4.11. The quantitative estimate of drug-likeness (QED) is 0.693. The maximum atomic E-state index is 5.35. The molecule has 0 aliphatic heterocycles. The zero-order chi connectivity index (χ0) is 16.5. The van der Waals surface area contributed by atoms with Gasteiger partial charge in [-0.25, -0.2) is 4.98 Å². The summed E-state index contributed by atoms with van der Waals surface area (Å²) in [4.78, 5) is 8.91. The van der Waals surface area contributed by atoms with Crippen molar-refractivity contribution in [2.75, 3.05) is 38.0 Å². The van der Waals surface area contributed by atoms with E-state index in [1.165, 1.54) is 0 Å². The van der Waals surface area contributed by atoms with E-state index in [9.17, 15) is 0 Å². The lowest BCUT2D eigenvalue weighted by Crippen LogP contribution is -2.10. The summed E-state index contributed by atoms with van der Waals surface area (Å²) in [5.41, 5.74) is 1.98. The first-order chi connectivity index (χ1) is 11.2. The number of ether oxygens (including phenoxy) is 2. The number of aryl methyl sites for hydroxylation is 1. The van der Waals surface area contributed by atoms with Gasteiger partial charge in [-0.3, -0.25) is 0 Å². The molecule has 0 amide bonds. The van der Waals surface area contributed by atoms with Crippen molar-refractivity contribution in [3.8, 4) is 5.75 Å². The largest absolute Gasteiger partial charge is 0.496 e. The molecule has 1 aromatic carbocycles. The number of methoxy groups -OCH3 is 2. The average molecular weight is 316 g/mol. The van der Waals surface area contributed by atoms with Crippen LogP contribution in [-0.2, 0) is 11.3 Å². The minimum absolute atomic E-state index is 0.602. The first kappa shape index (κ1) is 17.0. The van der Waals surface area contributed by atoms with E-state index in [2.05, 4.69) is 20.6 Å². The van der Waals surface area contributed by atoms with Gasteiger partial charge in [0, 0.05) is 44.1 Å². The molecular formula is C17H24N4O2. The number of aromatic nitrogens is 2. The van der Waals surface area contributed by atoms with Crippen LogP contribution in [0.15, 0.2) is 30.3 Å². The molecule has 6 nitrogen and oxygen atoms in total.